The number of hydrogen-bond donors (Lipinski definition) is 9. The minimum absolute atomic E-state index is 0.250. The van der Waals surface area contributed by atoms with Crippen molar-refractivity contribution in [1.29, 1.82) is 0 Å². The molecule has 10 atom stereocenters. The average molecular weight is 388 g/mol. The minimum Gasteiger partial charge on any atom is -0.397 e. The molecule has 12 heteroatoms. The summed E-state index contributed by atoms with van der Waals surface area (Å²) >= 11 is 0. The largest absolute Gasteiger partial charge is 0.397 e. The zero-order valence-corrected chi connectivity index (χ0v) is 14.1. The summed E-state index contributed by atoms with van der Waals surface area (Å²) in [6.07, 6.45) is -15.6. The van der Waals surface area contributed by atoms with Crippen molar-refractivity contribution in [3.05, 3.63) is 0 Å². The van der Waals surface area contributed by atoms with Gasteiger partial charge in [-0.15, -0.1) is 0 Å². The third kappa shape index (κ3) is 5.28. The van der Waals surface area contributed by atoms with Crippen LogP contribution in [-0.2, 0) is 14.2 Å². The summed E-state index contributed by atoms with van der Waals surface area (Å²) in [4.78, 5) is 0. The molecule has 0 bridgehead atoms. The van der Waals surface area contributed by atoms with E-state index in [-0.39, 0.29) is 6.61 Å². The average Bonchev–Trinajstić information content (AvgIpc) is 2.62. The molecule has 0 radical (unpaired) electrons. The van der Waals surface area contributed by atoms with Crippen molar-refractivity contribution in [3.8, 4) is 0 Å². The van der Waals surface area contributed by atoms with Crippen LogP contribution in [0.4, 0.5) is 0 Å². The van der Waals surface area contributed by atoms with Crippen molar-refractivity contribution in [2.75, 3.05) is 19.8 Å². The lowest BCUT2D eigenvalue weighted by molar-refractivity contribution is -0.355. The van der Waals surface area contributed by atoms with Gasteiger partial charge < -0.3 is 60.2 Å². The van der Waals surface area contributed by atoms with Crippen molar-refractivity contribution in [3.63, 3.8) is 0 Å². The third-order valence-corrected chi connectivity index (χ3v) is 3.98. The molecule has 156 valence electrons. The number of hydrogen-bond acceptors (Lipinski definition) is 12. The molecule has 12 nitrogen and oxygen atoms in total. The fraction of sp³-hybridized carbons (Fsp3) is 1.00. The van der Waals surface area contributed by atoms with Gasteiger partial charge in [0.15, 0.2) is 12.6 Å². The summed E-state index contributed by atoms with van der Waals surface area (Å²) in [7, 11) is 0. The zero-order valence-electron chi connectivity index (χ0n) is 14.1. The van der Waals surface area contributed by atoms with Crippen LogP contribution in [0.25, 0.3) is 0 Å². The van der Waals surface area contributed by atoms with Gasteiger partial charge in [0.05, 0.1) is 13.2 Å². The molecular weight excluding hydrogens is 360 g/mol. The van der Waals surface area contributed by atoms with Crippen LogP contribution in [0.5, 0.6) is 0 Å². The van der Waals surface area contributed by atoms with E-state index in [2.05, 4.69) is 0 Å². The van der Waals surface area contributed by atoms with Gasteiger partial charge >= 0.3 is 0 Å². The lowest BCUT2D eigenvalue weighted by atomic mass is 9.97. The van der Waals surface area contributed by atoms with Crippen LogP contribution >= 0.6 is 0 Å². The Labute approximate surface area is 149 Å². The molecule has 2 rings (SSSR count). The van der Waals surface area contributed by atoms with E-state index in [1.807, 2.05) is 0 Å². The van der Waals surface area contributed by atoms with E-state index < -0.39 is 74.6 Å². The summed E-state index contributed by atoms with van der Waals surface area (Å²) < 4.78 is 15.3. The lowest BCUT2D eigenvalue weighted by Crippen LogP contribution is -2.64. The lowest BCUT2D eigenvalue weighted by Gasteiger charge is -2.45. The van der Waals surface area contributed by atoms with E-state index in [9.17, 15) is 35.7 Å². The van der Waals surface area contributed by atoms with Crippen molar-refractivity contribution in [1.82, 2.24) is 0 Å². The Balaban J connectivity index is 0.00000105. The molecule has 2 heterocycles. The highest BCUT2D eigenvalue weighted by molar-refractivity contribution is 4.93. The SMILES string of the molecule is CCO.OC[C@H]1O[C@@H](O[C@H]2[C@H](O)[C@@H](O)[C@@H](O)O[C@@H]2CO)[C@H](O)[C@@H](O)[C@H]1O. The molecule has 0 amide bonds. The maximum atomic E-state index is 9.94. The molecule has 0 aromatic rings. The second kappa shape index (κ2) is 10.8. The number of aliphatic hydroxyl groups excluding tert-OH is 9. The van der Waals surface area contributed by atoms with Gasteiger partial charge in [-0.2, -0.15) is 0 Å². The molecule has 2 aliphatic rings. The molecule has 0 saturated carbocycles. The van der Waals surface area contributed by atoms with Crippen LogP contribution in [-0.4, -0.2) is 127 Å². The number of aliphatic hydroxyl groups is 9. The van der Waals surface area contributed by atoms with E-state index in [0.717, 1.165) is 0 Å². The van der Waals surface area contributed by atoms with Crippen LogP contribution in [0.2, 0.25) is 0 Å². The first kappa shape index (κ1) is 23.6. The highest BCUT2D eigenvalue weighted by Gasteiger charge is 2.50. The first-order valence-corrected chi connectivity index (χ1v) is 8.10. The van der Waals surface area contributed by atoms with Gasteiger partial charge in [-0.05, 0) is 6.92 Å². The minimum atomic E-state index is -1.74. The molecule has 0 aromatic carbocycles. The van der Waals surface area contributed by atoms with Crippen LogP contribution in [0.3, 0.4) is 0 Å². The smallest absolute Gasteiger partial charge is 0.187 e. The molecule has 9 N–H and O–H groups in total. The Kier molecular flexibility index (Phi) is 9.74. The van der Waals surface area contributed by atoms with Crippen LogP contribution < -0.4 is 0 Å². The predicted octanol–water partition coefficient (Wildman–Crippen LogP) is -5.40. The van der Waals surface area contributed by atoms with Crippen molar-refractivity contribution < 1.29 is 60.2 Å². The number of rotatable bonds is 4. The Morgan fingerprint density at radius 2 is 1.23 bits per heavy atom. The third-order valence-electron chi connectivity index (χ3n) is 3.98. The zero-order chi connectivity index (χ0) is 20.0. The van der Waals surface area contributed by atoms with Crippen LogP contribution in [0.15, 0.2) is 0 Å². The summed E-state index contributed by atoms with van der Waals surface area (Å²) in [5.74, 6) is 0. The van der Waals surface area contributed by atoms with E-state index in [1.165, 1.54) is 0 Å². The van der Waals surface area contributed by atoms with E-state index in [1.54, 1.807) is 6.92 Å². The molecule has 0 unspecified atom stereocenters. The standard InChI is InChI=1S/C12H22O11.C2H6O/c13-1-3-5(15)6(16)9(19)12(22-3)23-10-4(2-14)21-11(20)8(18)7(10)17;1-2-3/h3-20H,1-2H2;3H,2H2,1H3/t3-,4-,5+,6+,7-,8-,9-,10-,11+,12+;/m1./s1. The predicted molar refractivity (Wildman–Crippen MR) is 81.4 cm³/mol. The Bertz CT molecular complexity index is 394. The summed E-state index contributed by atoms with van der Waals surface area (Å²) in [5.41, 5.74) is 0. The highest BCUT2D eigenvalue weighted by atomic mass is 16.7. The van der Waals surface area contributed by atoms with E-state index >= 15 is 0 Å². The van der Waals surface area contributed by atoms with Gasteiger partial charge in [0.1, 0.15) is 48.8 Å². The Morgan fingerprint density at radius 3 is 1.73 bits per heavy atom. The molecule has 0 aliphatic carbocycles. The molecule has 2 aliphatic heterocycles. The van der Waals surface area contributed by atoms with Gasteiger partial charge in [-0.3, -0.25) is 0 Å². The fourth-order valence-electron chi connectivity index (χ4n) is 2.57. The van der Waals surface area contributed by atoms with Crippen LogP contribution in [0, 0.1) is 0 Å². The second-order valence-corrected chi connectivity index (χ2v) is 5.84. The van der Waals surface area contributed by atoms with Gasteiger partial charge in [-0.25, -0.2) is 0 Å². The normalized spacial score (nSPS) is 46.4. The van der Waals surface area contributed by atoms with Crippen molar-refractivity contribution in [2.45, 2.75) is 68.3 Å². The highest BCUT2D eigenvalue weighted by Crippen LogP contribution is 2.28. The van der Waals surface area contributed by atoms with E-state index in [4.69, 9.17) is 24.4 Å². The Morgan fingerprint density at radius 1 is 0.692 bits per heavy atom. The van der Waals surface area contributed by atoms with Gasteiger partial charge in [0.2, 0.25) is 0 Å². The number of ether oxygens (including phenoxy) is 3. The van der Waals surface area contributed by atoms with E-state index in [0.29, 0.717) is 0 Å². The topological polar surface area (TPSA) is 210 Å². The molecule has 2 fully saturated rings. The van der Waals surface area contributed by atoms with Gasteiger partial charge in [0, 0.05) is 6.61 Å². The second-order valence-electron chi connectivity index (χ2n) is 5.84. The molecule has 0 aromatic heterocycles. The molecule has 2 saturated heterocycles. The summed E-state index contributed by atoms with van der Waals surface area (Å²) in [5, 5.41) is 84.1. The quantitative estimate of drug-likeness (QED) is 0.221. The molecule has 0 spiro atoms. The fourth-order valence-corrected chi connectivity index (χ4v) is 2.57. The van der Waals surface area contributed by atoms with Crippen LogP contribution in [0.1, 0.15) is 6.92 Å². The first-order chi connectivity index (χ1) is 12.2. The van der Waals surface area contributed by atoms with Crippen molar-refractivity contribution >= 4 is 0 Å². The maximum absolute atomic E-state index is 9.94. The molecule has 26 heavy (non-hydrogen) atoms. The Hall–Kier alpha value is -0.480. The summed E-state index contributed by atoms with van der Waals surface area (Å²) in [6, 6.07) is 0. The van der Waals surface area contributed by atoms with Gasteiger partial charge in [0.25, 0.3) is 0 Å². The molecular formula is C14H28O12. The first-order valence-electron chi connectivity index (χ1n) is 8.10. The maximum Gasteiger partial charge on any atom is 0.187 e. The summed E-state index contributed by atoms with van der Waals surface area (Å²) in [6.45, 7) is 0.586. The van der Waals surface area contributed by atoms with Crippen molar-refractivity contribution in [2.24, 2.45) is 0 Å². The monoisotopic (exact) mass is 388 g/mol. The van der Waals surface area contributed by atoms with Gasteiger partial charge in [-0.1, -0.05) is 0 Å².